The summed E-state index contributed by atoms with van der Waals surface area (Å²) in [6.07, 6.45) is 1.22. The Morgan fingerprint density at radius 2 is 1.79 bits per heavy atom. The van der Waals surface area contributed by atoms with Crippen molar-refractivity contribution >= 4 is 34.1 Å². The molecule has 0 aliphatic rings. The normalized spacial score (nSPS) is 10.0. The van der Waals surface area contributed by atoms with Gasteiger partial charge < -0.3 is 5.41 Å². The molecule has 0 unspecified atom stereocenters. The van der Waals surface area contributed by atoms with Crippen molar-refractivity contribution in [2.45, 2.75) is 0 Å². The Balaban J connectivity index is 2.77. The van der Waals surface area contributed by atoms with Gasteiger partial charge in [0.15, 0.2) is 0 Å². The maximum Gasteiger partial charge on any atom is 0.0631 e. The number of rotatable bonds is 2. The van der Waals surface area contributed by atoms with Crippen LogP contribution >= 0.6 is 12.2 Å². The van der Waals surface area contributed by atoms with Crippen LogP contribution in [0.5, 0.6) is 0 Å². The Morgan fingerprint density at radius 3 is 2.57 bits per heavy atom. The Bertz CT molecular complexity index is 497. The number of hydrogen-bond donors (Lipinski definition) is 1. The Hall–Kier alpha value is -1.54. The summed E-state index contributed by atoms with van der Waals surface area (Å²) in [6.45, 7) is 0. The van der Waals surface area contributed by atoms with E-state index in [1.807, 2.05) is 42.5 Å². The van der Waals surface area contributed by atoms with Gasteiger partial charge in [0.25, 0.3) is 0 Å². The average molecular weight is 199 g/mol. The number of fused-ring (bicyclic) bond motifs is 1. The number of nitrogens with one attached hydrogen (secondary N) is 1. The average Bonchev–Trinajstić information content (AvgIpc) is 2.27. The second kappa shape index (κ2) is 3.68. The number of thiocarbonyl (C=S) groups is 1. The molecule has 14 heavy (non-hydrogen) atoms. The lowest BCUT2D eigenvalue weighted by molar-refractivity contribution is 1.59. The monoisotopic (exact) mass is 199 g/mol. The summed E-state index contributed by atoms with van der Waals surface area (Å²) in [7, 11) is 0. The van der Waals surface area contributed by atoms with E-state index in [1.54, 1.807) is 0 Å². The first kappa shape index (κ1) is 9.03. The fourth-order valence-electron chi connectivity index (χ4n) is 1.52. The first-order valence-electron chi connectivity index (χ1n) is 4.35. The molecule has 0 aliphatic heterocycles. The van der Waals surface area contributed by atoms with Crippen LogP contribution in [0.15, 0.2) is 42.5 Å². The van der Waals surface area contributed by atoms with Gasteiger partial charge in [0.05, 0.1) is 4.86 Å². The second-order valence-electron chi connectivity index (χ2n) is 3.04. The molecule has 0 radical (unpaired) electrons. The lowest BCUT2D eigenvalue weighted by atomic mass is 10.0. The topological polar surface area (TPSA) is 23.9 Å². The van der Waals surface area contributed by atoms with Crippen LogP contribution in [0.4, 0.5) is 0 Å². The molecule has 0 atom stereocenters. The van der Waals surface area contributed by atoms with Crippen molar-refractivity contribution in [2.75, 3.05) is 0 Å². The largest absolute Gasteiger partial charge is 0.307 e. The molecule has 0 aliphatic carbocycles. The van der Waals surface area contributed by atoms with Gasteiger partial charge in [-0.05, 0) is 10.8 Å². The zero-order valence-electron chi connectivity index (χ0n) is 7.53. The number of hydrogen-bond acceptors (Lipinski definition) is 2. The van der Waals surface area contributed by atoms with Crippen LogP contribution in [0, 0.1) is 5.41 Å². The van der Waals surface area contributed by atoms with Gasteiger partial charge in [0.1, 0.15) is 0 Å². The highest BCUT2D eigenvalue weighted by Crippen LogP contribution is 2.18. The maximum absolute atomic E-state index is 7.16. The summed E-state index contributed by atoms with van der Waals surface area (Å²) in [5.41, 5.74) is 0.966. The minimum Gasteiger partial charge on any atom is -0.307 e. The maximum atomic E-state index is 7.16. The van der Waals surface area contributed by atoms with Crippen molar-refractivity contribution in [1.29, 1.82) is 5.41 Å². The molecule has 0 bridgehead atoms. The quantitative estimate of drug-likeness (QED) is 0.448. The molecule has 2 rings (SSSR count). The molecule has 0 heterocycles. The third kappa shape index (κ3) is 1.44. The smallest absolute Gasteiger partial charge is 0.0631 e. The Morgan fingerprint density at radius 1 is 1.07 bits per heavy atom. The van der Waals surface area contributed by atoms with E-state index >= 15 is 0 Å². The molecule has 2 aromatic rings. The summed E-state index contributed by atoms with van der Waals surface area (Å²) < 4.78 is 0. The van der Waals surface area contributed by atoms with E-state index in [0.29, 0.717) is 4.86 Å². The highest BCUT2D eigenvalue weighted by atomic mass is 32.1. The van der Waals surface area contributed by atoms with Crippen LogP contribution in [0.3, 0.4) is 0 Å². The molecule has 0 saturated carbocycles. The van der Waals surface area contributed by atoms with E-state index in [-0.39, 0.29) is 0 Å². The fraction of sp³-hybridized carbons (Fsp3) is 0. The third-order valence-corrected chi connectivity index (χ3v) is 2.52. The Labute approximate surface area is 87.9 Å². The summed E-state index contributed by atoms with van der Waals surface area (Å²) >= 11 is 5.11. The van der Waals surface area contributed by atoms with Gasteiger partial charge in [-0.1, -0.05) is 54.7 Å². The predicted octanol–water partition coefficient (Wildman–Crippen LogP) is 3.21. The van der Waals surface area contributed by atoms with Gasteiger partial charge in [-0.15, -0.1) is 0 Å². The van der Waals surface area contributed by atoms with Crippen molar-refractivity contribution in [3.8, 4) is 0 Å². The molecule has 0 spiro atoms. The Kier molecular flexibility index (Phi) is 2.37. The predicted molar refractivity (Wildman–Crippen MR) is 64.4 cm³/mol. The second-order valence-corrected chi connectivity index (χ2v) is 3.48. The van der Waals surface area contributed by atoms with Crippen LogP contribution in [0.25, 0.3) is 10.8 Å². The van der Waals surface area contributed by atoms with E-state index in [1.165, 1.54) is 6.21 Å². The van der Waals surface area contributed by atoms with Gasteiger partial charge in [-0.3, -0.25) is 0 Å². The van der Waals surface area contributed by atoms with Gasteiger partial charge in [0.2, 0.25) is 0 Å². The zero-order valence-corrected chi connectivity index (χ0v) is 8.34. The standard InChI is InChI=1S/C12H9NS/c13-8-12(14)11-7-3-5-9-4-1-2-6-10(9)11/h1-8,13H. The molecule has 1 N–H and O–H groups in total. The van der Waals surface area contributed by atoms with E-state index in [0.717, 1.165) is 16.3 Å². The zero-order chi connectivity index (χ0) is 9.97. The van der Waals surface area contributed by atoms with Crippen LogP contribution in [0.2, 0.25) is 0 Å². The van der Waals surface area contributed by atoms with E-state index in [4.69, 9.17) is 17.6 Å². The van der Waals surface area contributed by atoms with Crippen LogP contribution in [-0.2, 0) is 0 Å². The lowest BCUT2D eigenvalue weighted by Gasteiger charge is -2.03. The summed E-state index contributed by atoms with van der Waals surface area (Å²) in [5.74, 6) is 0. The molecule has 0 amide bonds. The van der Waals surface area contributed by atoms with Crippen LogP contribution in [0.1, 0.15) is 5.56 Å². The van der Waals surface area contributed by atoms with E-state index < -0.39 is 0 Å². The number of benzene rings is 2. The van der Waals surface area contributed by atoms with E-state index in [9.17, 15) is 0 Å². The van der Waals surface area contributed by atoms with Crippen molar-refractivity contribution in [3.05, 3.63) is 48.0 Å². The van der Waals surface area contributed by atoms with Gasteiger partial charge in [-0.2, -0.15) is 0 Å². The molecule has 0 aromatic heterocycles. The van der Waals surface area contributed by atoms with Gasteiger partial charge >= 0.3 is 0 Å². The minimum absolute atomic E-state index is 0.585. The van der Waals surface area contributed by atoms with Crippen LogP contribution in [-0.4, -0.2) is 11.1 Å². The fourth-order valence-corrected chi connectivity index (χ4v) is 1.70. The first-order chi connectivity index (χ1) is 6.83. The summed E-state index contributed by atoms with van der Waals surface area (Å²) in [4.78, 5) is 0.585. The molecule has 68 valence electrons. The molecule has 1 nitrogen and oxygen atoms in total. The third-order valence-electron chi connectivity index (χ3n) is 2.19. The molecule has 2 heteroatoms. The van der Waals surface area contributed by atoms with Crippen molar-refractivity contribution in [2.24, 2.45) is 0 Å². The molecule has 0 saturated heterocycles. The van der Waals surface area contributed by atoms with Crippen LogP contribution < -0.4 is 0 Å². The molecular weight excluding hydrogens is 190 g/mol. The highest BCUT2D eigenvalue weighted by molar-refractivity contribution is 7.82. The van der Waals surface area contributed by atoms with Gasteiger partial charge in [-0.25, -0.2) is 0 Å². The molecular formula is C12H9NS. The first-order valence-corrected chi connectivity index (χ1v) is 4.76. The van der Waals surface area contributed by atoms with Gasteiger partial charge in [0, 0.05) is 11.8 Å². The summed E-state index contributed by atoms with van der Waals surface area (Å²) in [5, 5.41) is 9.43. The lowest BCUT2D eigenvalue weighted by Crippen LogP contribution is -1.97. The van der Waals surface area contributed by atoms with E-state index in [2.05, 4.69) is 0 Å². The SMILES string of the molecule is N=CC(=S)c1cccc2ccccc12. The minimum atomic E-state index is 0.585. The van der Waals surface area contributed by atoms with Crippen molar-refractivity contribution < 1.29 is 0 Å². The van der Waals surface area contributed by atoms with Crippen molar-refractivity contribution in [1.82, 2.24) is 0 Å². The molecule has 0 fully saturated rings. The molecule has 2 aromatic carbocycles. The van der Waals surface area contributed by atoms with Crippen molar-refractivity contribution in [3.63, 3.8) is 0 Å². The summed E-state index contributed by atoms with van der Waals surface area (Å²) in [6, 6.07) is 14.0. The highest BCUT2D eigenvalue weighted by Gasteiger charge is 2.02.